The third kappa shape index (κ3) is 6.95. The molecular weight excluding hydrogens is 491 g/mol. The lowest BCUT2D eigenvalue weighted by atomic mass is 9.92. The zero-order valence-electron chi connectivity index (χ0n) is 22.6. The van der Waals surface area contributed by atoms with E-state index in [9.17, 15) is 18.8 Å². The van der Waals surface area contributed by atoms with Gasteiger partial charge >= 0.3 is 6.09 Å². The van der Waals surface area contributed by atoms with Gasteiger partial charge in [-0.05, 0) is 70.4 Å². The quantitative estimate of drug-likeness (QED) is 0.516. The van der Waals surface area contributed by atoms with Gasteiger partial charge in [-0.1, -0.05) is 0 Å². The number of nitrogens with zero attached hydrogens (tertiary/aromatic N) is 3. The molecule has 0 aliphatic carbocycles. The van der Waals surface area contributed by atoms with Crippen LogP contribution in [0.3, 0.4) is 0 Å². The van der Waals surface area contributed by atoms with Gasteiger partial charge in [-0.25, -0.2) is 9.18 Å². The minimum absolute atomic E-state index is 0.00583. The van der Waals surface area contributed by atoms with Crippen molar-refractivity contribution in [2.45, 2.75) is 64.5 Å². The van der Waals surface area contributed by atoms with E-state index in [1.807, 2.05) is 18.7 Å². The number of carbonyl (C=O) groups excluding carboxylic acids is 3. The molecule has 0 radical (unpaired) electrons. The first-order valence-electron chi connectivity index (χ1n) is 13.9. The fourth-order valence-corrected chi connectivity index (χ4v) is 5.60. The number of carbonyl (C=O) groups is 3. The summed E-state index contributed by atoms with van der Waals surface area (Å²) in [5.74, 6) is -0.643. The van der Waals surface area contributed by atoms with Gasteiger partial charge in [-0.2, -0.15) is 0 Å². The van der Waals surface area contributed by atoms with Crippen LogP contribution in [0.15, 0.2) is 18.2 Å². The molecule has 0 saturated carbocycles. The molecule has 3 amide bonds. The standard InChI is InChI=1S/C28H41FN4O5/c1-19(2)38-28(36)32-13-9-20(10-14-32)6-5-15-37-21-7-8-22(24(29)16-21)26(34)33-17-23(25(30)18-33)27(35)31-11-3-4-12-31/h7-8,16,19-20,23,25H,3-6,9-15,17-18,30H2,1-2H3/t23-,25+/m1/s1. The van der Waals surface area contributed by atoms with Crippen LogP contribution in [0.1, 0.15) is 62.7 Å². The molecule has 2 atom stereocenters. The van der Waals surface area contributed by atoms with Crippen molar-refractivity contribution in [1.29, 1.82) is 0 Å². The molecule has 10 heteroatoms. The van der Waals surface area contributed by atoms with E-state index in [2.05, 4.69) is 0 Å². The summed E-state index contributed by atoms with van der Waals surface area (Å²) in [7, 11) is 0. The highest BCUT2D eigenvalue weighted by atomic mass is 19.1. The Bertz CT molecular complexity index is 991. The number of likely N-dealkylation sites (tertiary alicyclic amines) is 3. The maximum absolute atomic E-state index is 14.9. The Balaban J connectivity index is 1.20. The monoisotopic (exact) mass is 532 g/mol. The van der Waals surface area contributed by atoms with Crippen molar-refractivity contribution >= 4 is 17.9 Å². The van der Waals surface area contributed by atoms with Gasteiger partial charge in [0.15, 0.2) is 0 Å². The summed E-state index contributed by atoms with van der Waals surface area (Å²) < 4.78 is 25.9. The molecule has 0 aromatic heterocycles. The first kappa shape index (κ1) is 28.1. The first-order chi connectivity index (χ1) is 18.2. The smallest absolute Gasteiger partial charge is 0.410 e. The Morgan fingerprint density at radius 1 is 1.03 bits per heavy atom. The first-order valence-corrected chi connectivity index (χ1v) is 13.9. The Hall–Kier alpha value is -2.88. The number of rotatable bonds is 8. The summed E-state index contributed by atoms with van der Waals surface area (Å²) in [6.45, 7) is 7.47. The van der Waals surface area contributed by atoms with Crippen molar-refractivity contribution < 1.29 is 28.2 Å². The molecule has 2 N–H and O–H groups in total. The highest BCUT2D eigenvalue weighted by Gasteiger charge is 2.40. The van der Waals surface area contributed by atoms with Crippen LogP contribution in [0.4, 0.5) is 9.18 Å². The molecule has 4 rings (SSSR count). The van der Waals surface area contributed by atoms with Crippen LogP contribution in [0.25, 0.3) is 0 Å². The minimum atomic E-state index is -0.643. The van der Waals surface area contributed by atoms with E-state index in [4.69, 9.17) is 15.2 Å². The van der Waals surface area contributed by atoms with Crippen LogP contribution >= 0.6 is 0 Å². The molecule has 3 fully saturated rings. The van der Waals surface area contributed by atoms with Gasteiger partial charge in [0.05, 0.1) is 24.2 Å². The van der Waals surface area contributed by atoms with E-state index in [1.165, 1.54) is 17.0 Å². The van der Waals surface area contributed by atoms with Gasteiger partial charge in [0.25, 0.3) is 5.91 Å². The van der Waals surface area contributed by atoms with Crippen molar-refractivity contribution in [1.82, 2.24) is 14.7 Å². The summed E-state index contributed by atoms with van der Waals surface area (Å²) in [6, 6.07) is 3.85. The summed E-state index contributed by atoms with van der Waals surface area (Å²) in [4.78, 5) is 42.9. The number of nitrogens with two attached hydrogens (primary N) is 1. The van der Waals surface area contributed by atoms with E-state index >= 15 is 0 Å². The number of hydrogen-bond acceptors (Lipinski definition) is 6. The zero-order valence-corrected chi connectivity index (χ0v) is 22.6. The van der Waals surface area contributed by atoms with Crippen LogP contribution < -0.4 is 10.5 Å². The number of ether oxygens (including phenoxy) is 2. The second kappa shape index (κ2) is 12.8. The lowest BCUT2D eigenvalue weighted by molar-refractivity contribution is -0.134. The lowest BCUT2D eigenvalue weighted by Gasteiger charge is -2.31. The maximum Gasteiger partial charge on any atom is 0.410 e. The molecule has 38 heavy (non-hydrogen) atoms. The second-order valence-electron chi connectivity index (χ2n) is 11.0. The third-order valence-corrected chi connectivity index (χ3v) is 7.79. The average molecular weight is 533 g/mol. The van der Waals surface area contributed by atoms with E-state index in [0.717, 1.165) is 51.6 Å². The number of piperidine rings is 1. The Morgan fingerprint density at radius 2 is 1.74 bits per heavy atom. The van der Waals surface area contributed by atoms with Crippen LogP contribution in [-0.2, 0) is 9.53 Å². The van der Waals surface area contributed by atoms with Gasteiger partial charge in [-0.15, -0.1) is 0 Å². The lowest BCUT2D eigenvalue weighted by Crippen LogP contribution is -2.42. The van der Waals surface area contributed by atoms with Gasteiger partial charge < -0.3 is 29.9 Å². The second-order valence-corrected chi connectivity index (χ2v) is 11.0. The summed E-state index contributed by atoms with van der Waals surface area (Å²) in [5, 5.41) is 0. The minimum Gasteiger partial charge on any atom is -0.493 e. The molecular formula is C28H41FN4O5. The fraction of sp³-hybridized carbons (Fsp3) is 0.679. The zero-order chi connectivity index (χ0) is 27.2. The maximum atomic E-state index is 14.9. The summed E-state index contributed by atoms with van der Waals surface area (Å²) >= 11 is 0. The van der Waals surface area contributed by atoms with Crippen molar-refractivity contribution in [3.8, 4) is 5.75 Å². The van der Waals surface area contributed by atoms with Crippen molar-refractivity contribution in [2.75, 3.05) is 45.9 Å². The molecule has 1 aromatic carbocycles. The Morgan fingerprint density at radius 3 is 2.39 bits per heavy atom. The third-order valence-electron chi connectivity index (χ3n) is 7.79. The molecule has 0 spiro atoms. The molecule has 1 aromatic rings. The molecule has 0 unspecified atom stereocenters. The molecule has 3 saturated heterocycles. The molecule has 210 valence electrons. The van der Waals surface area contributed by atoms with Gasteiger partial charge in [0, 0.05) is 51.4 Å². The van der Waals surface area contributed by atoms with Gasteiger partial charge in [-0.3, -0.25) is 9.59 Å². The van der Waals surface area contributed by atoms with E-state index in [0.29, 0.717) is 31.4 Å². The molecule has 0 bridgehead atoms. The predicted molar refractivity (Wildman–Crippen MR) is 140 cm³/mol. The molecule has 9 nitrogen and oxygen atoms in total. The largest absolute Gasteiger partial charge is 0.493 e. The van der Waals surface area contributed by atoms with Crippen LogP contribution in [-0.4, -0.2) is 90.6 Å². The van der Waals surface area contributed by atoms with Gasteiger partial charge in [0.2, 0.25) is 5.91 Å². The van der Waals surface area contributed by atoms with Crippen LogP contribution in [0, 0.1) is 17.7 Å². The molecule has 3 heterocycles. The van der Waals surface area contributed by atoms with Crippen LogP contribution in [0.2, 0.25) is 0 Å². The van der Waals surface area contributed by atoms with E-state index in [1.54, 1.807) is 11.0 Å². The van der Waals surface area contributed by atoms with Gasteiger partial charge in [0.1, 0.15) is 11.6 Å². The highest BCUT2D eigenvalue weighted by molar-refractivity contribution is 5.95. The van der Waals surface area contributed by atoms with Crippen molar-refractivity contribution in [3.05, 3.63) is 29.6 Å². The molecule has 3 aliphatic heterocycles. The van der Waals surface area contributed by atoms with Crippen molar-refractivity contribution in [2.24, 2.45) is 17.6 Å². The highest BCUT2D eigenvalue weighted by Crippen LogP contribution is 2.26. The predicted octanol–water partition coefficient (Wildman–Crippen LogP) is 3.26. The number of halogens is 1. The average Bonchev–Trinajstić information content (AvgIpc) is 3.56. The number of benzene rings is 1. The topological polar surface area (TPSA) is 105 Å². The van der Waals surface area contributed by atoms with Crippen LogP contribution in [0.5, 0.6) is 5.75 Å². The van der Waals surface area contributed by atoms with E-state index in [-0.39, 0.29) is 36.8 Å². The molecule has 3 aliphatic rings. The number of amides is 3. The summed E-state index contributed by atoms with van der Waals surface area (Å²) in [6.07, 6.45) is 5.29. The SMILES string of the molecule is CC(C)OC(=O)N1CCC(CCCOc2ccc(C(=O)N3C[C@H](N)[C@H](C(=O)N4CCCC4)C3)c(F)c2)CC1. The van der Waals surface area contributed by atoms with Crippen molar-refractivity contribution in [3.63, 3.8) is 0 Å². The Kier molecular flexibility index (Phi) is 9.46. The summed E-state index contributed by atoms with van der Waals surface area (Å²) in [5.41, 5.74) is 6.16. The van der Waals surface area contributed by atoms with E-state index < -0.39 is 23.7 Å². The Labute approximate surface area is 224 Å². The number of hydrogen-bond donors (Lipinski definition) is 1. The normalized spacial score (nSPS) is 22.3. The fourth-order valence-electron chi connectivity index (χ4n) is 5.60.